The minimum Gasteiger partial charge on any atom is -0.289 e. The molecule has 5 heteroatoms. The topological polar surface area (TPSA) is 42.9 Å². The van der Waals surface area contributed by atoms with Crippen LogP contribution < -0.4 is 0 Å². The second-order valence-corrected chi connectivity index (χ2v) is 5.07. The lowest BCUT2D eigenvalue weighted by Crippen LogP contribution is -1.97. The molecule has 0 radical (unpaired) electrons. The highest BCUT2D eigenvalue weighted by Crippen LogP contribution is 2.16. The average molecular weight is 288 g/mol. The molecule has 102 valence electrons. The first-order valence-corrected chi connectivity index (χ1v) is 6.88. The van der Waals surface area contributed by atoms with E-state index in [1.807, 2.05) is 19.9 Å². The summed E-state index contributed by atoms with van der Waals surface area (Å²) in [7, 11) is 0. The van der Waals surface area contributed by atoms with Gasteiger partial charge >= 0.3 is 0 Å². The van der Waals surface area contributed by atoms with Crippen molar-refractivity contribution in [2.24, 2.45) is 0 Å². The number of nitrogens with zero attached hydrogens (tertiary/aromatic N) is 2. The quantitative estimate of drug-likeness (QED) is 0.372. The molecule has 0 saturated carbocycles. The maximum Gasteiger partial charge on any atom is 0.192 e. The van der Waals surface area contributed by atoms with Crippen LogP contribution in [0.5, 0.6) is 0 Å². The molecule has 1 aromatic heterocycles. The van der Waals surface area contributed by atoms with Crippen LogP contribution in [0, 0.1) is 19.7 Å². The van der Waals surface area contributed by atoms with Gasteiger partial charge in [0, 0.05) is 11.4 Å². The number of carbonyl (C=O) groups excluding carboxylic acids is 1. The zero-order valence-corrected chi connectivity index (χ0v) is 11.9. The van der Waals surface area contributed by atoms with Crippen LogP contribution in [0.3, 0.4) is 0 Å². The predicted octanol–water partition coefficient (Wildman–Crippen LogP) is 3.72. The van der Waals surface area contributed by atoms with Crippen LogP contribution in [-0.4, -0.2) is 15.8 Å². The number of allylic oxidation sites excluding steroid dienone is 1. The van der Waals surface area contributed by atoms with Crippen LogP contribution in [0.2, 0.25) is 0 Å². The molecule has 1 aromatic carbocycles. The molecule has 0 aliphatic carbocycles. The molecule has 0 spiro atoms. The lowest BCUT2D eigenvalue weighted by molar-refractivity contribution is 0.104. The summed E-state index contributed by atoms with van der Waals surface area (Å²) in [4.78, 5) is 20.3. The Morgan fingerprint density at radius 3 is 2.50 bits per heavy atom. The van der Waals surface area contributed by atoms with Crippen molar-refractivity contribution >= 4 is 17.5 Å². The van der Waals surface area contributed by atoms with Crippen LogP contribution in [0.15, 0.2) is 47.0 Å². The number of hydrogen-bond acceptors (Lipinski definition) is 4. The molecule has 0 aliphatic heterocycles. The van der Waals surface area contributed by atoms with E-state index >= 15 is 0 Å². The van der Waals surface area contributed by atoms with Crippen LogP contribution in [0.4, 0.5) is 4.39 Å². The van der Waals surface area contributed by atoms with Gasteiger partial charge < -0.3 is 0 Å². The average Bonchev–Trinajstić information content (AvgIpc) is 2.38. The number of halogens is 1. The second kappa shape index (κ2) is 6.43. The fourth-order valence-corrected chi connectivity index (χ4v) is 2.36. The fourth-order valence-electron chi connectivity index (χ4n) is 1.65. The molecule has 3 nitrogen and oxygen atoms in total. The molecule has 0 bridgehead atoms. The van der Waals surface area contributed by atoms with Crippen LogP contribution in [-0.2, 0) is 0 Å². The zero-order chi connectivity index (χ0) is 14.5. The van der Waals surface area contributed by atoms with Gasteiger partial charge in [0.1, 0.15) is 5.82 Å². The van der Waals surface area contributed by atoms with E-state index in [1.165, 1.54) is 30.0 Å². The van der Waals surface area contributed by atoms with E-state index in [0.717, 1.165) is 11.4 Å². The Balaban J connectivity index is 2.07. The van der Waals surface area contributed by atoms with Gasteiger partial charge in [-0.1, -0.05) is 23.9 Å². The van der Waals surface area contributed by atoms with Crippen molar-refractivity contribution in [3.05, 3.63) is 64.6 Å². The Hall–Kier alpha value is -2.01. The number of benzene rings is 1. The van der Waals surface area contributed by atoms with Crippen molar-refractivity contribution in [3.8, 4) is 0 Å². The minimum absolute atomic E-state index is 0.0608. The summed E-state index contributed by atoms with van der Waals surface area (Å²) >= 11 is 1.23. The molecule has 20 heavy (non-hydrogen) atoms. The second-order valence-electron chi connectivity index (χ2n) is 4.20. The number of ketones is 1. The van der Waals surface area contributed by atoms with E-state index in [-0.39, 0.29) is 11.3 Å². The largest absolute Gasteiger partial charge is 0.289 e. The zero-order valence-electron chi connectivity index (χ0n) is 11.1. The first kappa shape index (κ1) is 14.4. The Bertz CT molecular complexity index is 650. The van der Waals surface area contributed by atoms with Crippen molar-refractivity contribution in [1.29, 1.82) is 0 Å². The molecular weight excluding hydrogens is 275 g/mol. The fraction of sp³-hybridized carbons (Fsp3) is 0.133. The lowest BCUT2D eigenvalue weighted by Gasteiger charge is -1.99. The number of carbonyl (C=O) groups is 1. The summed E-state index contributed by atoms with van der Waals surface area (Å²) in [5, 5.41) is 2.14. The molecule has 0 N–H and O–H groups in total. The van der Waals surface area contributed by atoms with Crippen LogP contribution in [0.1, 0.15) is 21.7 Å². The van der Waals surface area contributed by atoms with Gasteiger partial charge in [0.2, 0.25) is 0 Å². The number of aryl methyl sites for hydroxylation is 2. The maximum atomic E-state index is 13.4. The van der Waals surface area contributed by atoms with Crippen molar-refractivity contribution in [3.63, 3.8) is 0 Å². The van der Waals surface area contributed by atoms with Gasteiger partial charge in [-0.15, -0.1) is 0 Å². The lowest BCUT2D eigenvalue weighted by atomic mass is 10.1. The molecule has 2 rings (SSSR count). The first-order chi connectivity index (χ1) is 9.56. The summed E-state index contributed by atoms with van der Waals surface area (Å²) in [6.07, 6.45) is 1.32. The Morgan fingerprint density at radius 2 is 1.85 bits per heavy atom. The number of aromatic nitrogens is 2. The normalized spacial score (nSPS) is 10.9. The third-order valence-electron chi connectivity index (χ3n) is 2.49. The summed E-state index contributed by atoms with van der Waals surface area (Å²) in [6, 6.07) is 7.78. The van der Waals surface area contributed by atoms with E-state index in [1.54, 1.807) is 17.5 Å². The van der Waals surface area contributed by atoms with E-state index in [2.05, 4.69) is 9.97 Å². The summed E-state index contributed by atoms with van der Waals surface area (Å²) in [5.74, 6) is -0.894. The third kappa shape index (κ3) is 3.74. The van der Waals surface area contributed by atoms with Gasteiger partial charge in [-0.05, 0) is 43.5 Å². The molecule has 2 aromatic rings. The summed E-state index contributed by atoms with van der Waals surface area (Å²) in [5.41, 5.74) is 1.80. The number of rotatable bonds is 4. The molecule has 0 unspecified atom stereocenters. The Kier molecular flexibility index (Phi) is 4.63. The van der Waals surface area contributed by atoms with Crippen molar-refractivity contribution < 1.29 is 9.18 Å². The van der Waals surface area contributed by atoms with E-state index in [9.17, 15) is 9.18 Å². The standard InChI is InChI=1S/C15H13FN2OS/c1-10-9-11(2)18-15(17-10)20-8-7-14(19)12-5-3-4-6-13(12)16/h3-9H,1-2H3/b8-7-. The van der Waals surface area contributed by atoms with Gasteiger partial charge in [0.25, 0.3) is 0 Å². The first-order valence-electron chi connectivity index (χ1n) is 6.00. The van der Waals surface area contributed by atoms with Gasteiger partial charge in [0.05, 0.1) is 5.56 Å². The molecule has 1 heterocycles. The van der Waals surface area contributed by atoms with E-state index < -0.39 is 5.82 Å². The molecule has 0 atom stereocenters. The van der Waals surface area contributed by atoms with Crippen molar-refractivity contribution in [2.45, 2.75) is 19.0 Å². The molecular formula is C15H13FN2OS. The van der Waals surface area contributed by atoms with Crippen LogP contribution in [0.25, 0.3) is 0 Å². The van der Waals surface area contributed by atoms with Gasteiger partial charge in [-0.2, -0.15) is 0 Å². The molecule has 0 fully saturated rings. The highest BCUT2D eigenvalue weighted by molar-refractivity contribution is 8.02. The van der Waals surface area contributed by atoms with E-state index in [4.69, 9.17) is 0 Å². The summed E-state index contributed by atoms with van der Waals surface area (Å²) < 4.78 is 13.4. The van der Waals surface area contributed by atoms with Gasteiger partial charge in [-0.3, -0.25) is 4.79 Å². The highest BCUT2D eigenvalue weighted by Gasteiger charge is 2.07. The van der Waals surface area contributed by atoms with E-state index in [0.29, 0.717) is 5.16 Å². The van der Waals surface area contributed by atoms with Gasteiger partial charge in [0.15, 0.2) is 10.9 Å². The van der Waals surface area contributed by atoms with Gasteiger partial charge in [-0.25, -0.2) is 14.4 Å². The molecule has 0 saturated heterocycles. The number of hydrogen-bond donors (Lipinski definition) is 0. The number of thioether (sulfide) groups is 1. The third-order valence-corrected chi connectivity index (χ3v) is 3.16. The SMILES string of the molecule is Cc1cc(C)nc(S/C=C\C(=O)c2ccccc2F)n1. The Labute approximate surface area is 121 Å². The molecule has 0 amide bonds. The maximum absolute atomic E-state index is 13.4. The highest BCUT2D eigenvalue weighted by atomic mass is 32.2. The Morgan fingerprint density at radius 1 is 1.20 bits per heavy atom. The van der Waals surface area contributed by atoms with Crippen molar-refractivity contribution in [2.75, 3.05) is 0 Å². The minimum atomic E-state index is -0.519. The summed E-state index contributed by atoms with van der Waals surface area (Å²) in [6.45, 7) is 3.76. The predicted molar refractivity (Wildman–Crippen MR) is 77.2 cm³/mol. The van der Waals surface area contributed by atoms with Crippen LogP contribution >= 0.6 is 11.8 Å². The smallest absolute Gasteiger partial charge is 0.192 e. The monoisotopic (exact) mass is 288 g/mol. The molecule has 0 aliphatic rings. The van der Waals surface area contributed by atoms with Crippen molar-refractivity contribution in [1.82, 2.24) is 9.97 Å².